The zero-order valence-electron chi connectivity index (χ0n) is 19.3. The Bertz CT molecular complexity index is 1110. The molecule has 33 heavy (non-hydrogen) atoms. The van der Waals surface area contributed by atoms with Gasteiger partial charge in [-0.2, -0.15) is 0 Å². The quantitative estimate of drug-likeness (QED) is 0.220. The molecule has 1 aliphatic rings. The maximum atomic E-state index is 12.8. The third-order valence-corrected chi connectivity index (χ3v) is 7.05. The summed E-state index contributed by atoms with van der Waals surface area (Å²) < 4.78 is 2.18. The summed E-state index contributed by atoms with van der Waals surface area (Å²) in [7, 11) is 0. The summed E-state index contributed by atoms with van der Waals surface area (Å²) in [5.74, 6) is 1.03. The number of carbonyl (C=O) groups excluding carboxylic acids is 1. The number of hydrogen-bond acceptors (Lipinski definition) is 6. The lowest BCUT2D eigenvalue weighted by molar-refractivity contribution is 0.0775. The number of piperidine rings is 1. The number of aryl methyl sites for hydroxylation is 2. The van der Waals surface area contributed by atoms with Crippen LogP contribution in [0.3, 0.4) is 0 Å². The number of carbonyl (C=O) groups is 1. The van der Waals surface area contributed by atoms with E-state index >= 15 is 0 Å². The molecule has 2 N–H and O–H groups in total. The summed E-state index contributed by atoms with van der Waals surface area (Å²) in [6.45, 7) is 6.71. The Morgan fingerprint density at radius 2 is 2.03 bits per heavy atom. The van der Waals surface area contributed by atoms with Crippen LogP contribution in [-0.4, -0.2) is 40.9 Å². The predicted octanol–water partition coefficient (Wildman–Crippen LogP) is 4.31. The smallest absolute Gasteiger partial charge is 0.204 e. The zero-order valence-corrected chi connectivity index (χ0v) is 20.1. The predicted molar refractivity (Wildman–Crippen MR) is 133 cm³/mol. The van der Waals surface area contributed by atoms with Crippen LogP contribution >= 0.6 is 11.3 Å². The molecule has 0 saturated carbocycles. The molecule has 3 aromatic rings. The molecule has 1 aliphatic heterocycles. The van der Waals surface area contributed by atoms with E-state index in [2.05, 4.69) is 37.1 Å². The van der Waals surface area contributed by atoms with Gasteiger partial charge in [0.25, 0.3) is 0 Å². The molecule has 8 heteroatoms. The molecule has 0 unspecified atom stereocenters. The number of thiophene rings is 1. The van der Waals surface area contributed by atoms with Crippen LogP contribution in [0.4, 0.5) is 5.82 Å². The van der Waals surface area contributed by atoms with Crippen molar-refractivity contribution in [3.8, 4) is 0 Å². The molecule has 3 aromatic heterocycles. The third kappa shape index (κ3) is 5.63. The zero-order chi connectivity index (χ0) is 23.2. The number of anilines is 1. The summed E-state index contributed by atoms with van der Waals surface area (Å²) in [5, 5.41) is 6.08. The highest BCUT2D eigenvalue weighted by Crippen LogP contribution is 2.20. The van der Waals surface area contributed by atoms with Gasteiger partial charge in [-0.1, -0.05) is 11.2 Å². The number of Topliss-reactive ketones (excluding diaryl/α,β-unsaturated/α-hetero) is 1. The van der Waals surface area contributed by atoms with Crippen LogP contribution in [0.25, 0.3) is 0 Å². The van der Waals surface area contributed by atoms with Gasteiger partial charge in [0, 0.05) is 53.2 Å². The molecule has 1 fully saturated rings. The number of rotatable bonds is 9. The molecule has 0 aromatic carbocycles. The van der Waals surface area contributed by atoms with E-state index in [4.69, 9.17) is 10.6 Å². The van der Waals surface area contributed by atoms with Gasteiger partial charge in [-0.05, 0) is 69.2 Å². The lowest BCUT2D eigenvalue weighted by Crippen LogP contribution is -2.30. The molecule has 0 spiro atoms. The van der Waals surface area contributed by atoms with E-state index in [1.807, 2.05) is 26.0 Å². The minimum absolute atomic E-state index is 0.106. The van der Waals surface area contributed by atoms with E-state index in [0.717, 1.165) is 48.8 Å². The minimum atomic E-state index is -0.153. The van der Waals surface area contributed by atoms with Gasteiger partial charge in [0.15, 0.2) is 12.4 Å². The highest BCUT2D eigenvalue weighted by molar-refractivity contribution is 7.09. The van der Waals surface area contributed by atoms with Gasteiger partial charge < -0.3 is 20.0 Å². The van der Waals surface area contributed by atoms with Gasteiger partial charge >= 0.3 is 0 Å². The van der Waals surface area contributed by atoms with E-state index in [1.165, 1.54) is 24.1 Å². The summed E-state index contributed by atoms with van der Waals surface area (Å²) in [6, 6.07) is 9.86. The molecular weight excluding hydrogens is 434 g/mol. The molecule has 1 saturated heterocycles. The summed E-state index contributed by atoms with van der Waals surface area (Å²) in [6.07, 6.45) is 6.30. The Balaban J connectivity index is 1.36. The fraction of sp³-hybridized carbons (Fsp3) is 0.400. The van der Waals surface area contributed by atoms with E-state index < -0.39 is 0 Å². The van der Waals surface area contributed by atoms with Gasteiger partial charge in [-0.25, -0.2) is 4.98 Å². The summed E-state index contributed by atoms with van der Waals surface area (Å²) >= 11 is 1.75. The molecule has 174 valence electrons. The van der Waals surface area contributed by atoms with Crippen molar-refractivity contribution in [2.75, 3.05) is 24.6 Å². The third-order valence-electron chi connectivity index (χ3n) is 6.12. The molecule has 0 bridgehead atoms. The van der Waals surface area contributed by atoms with Crippen LogP contribution in [0.1, 0.15) is 51.4 Å². The molecule has 0 aliphatic carbocycles. The summed E-state index contributed by atoms with van der Waals surface area (Å²) in [5.41, 5.74) is 9.56. The van der Waals surface area contributed by atoms with Crippen molar-refractivity contribution >= 4 is 28.8 Å². The van der Waals surface area contributed by atoms with Crippen LogP contribution < -0.4 is 10.6 Å². The first kappa shape index (κ1) is 23.0. The van der Waals surface area contributed by atoms with E-state index in [1.54, 1.807) is 23.6 Å². The Morgan fingerprint density at radius 1 is 1.21 bits per heavy atom. The molecule has 0 amide bonds. The number of oxime groups is 1. The lowest BCUT2D eigenvalue weighted by Gasteiger charge is -2.27. The van der Waals surface area contributed by atoms with Gasteiger partial charge in [0.2, 0.25) is 5.78 Å². The second-order valence-electron chi connectivity index (χ2n) is 8.39. The van der Waals surface area contributed by atoms with Crippen LogP contribution in [0.2, 0.25) is 0 Å². The Morgan fingerprint density at radius 3 is 2.79 bits per heavy atom. The number of hydrogen-bond donors (Lipinski definition) is 1. The second kappa shape index (κ2) is 10.7. The fourth-order valence-corrected chi connectivity index (χ4v) is 4.97. The van der Waals surface area contributed by atoms with Crippen LogP contribution in [0, 0.1) is 13.8 Å². The summed E-state index contributed by atoms with van der Waals surface area (Å²) in [4.78, 5) is 26.2. The number of ketones is 1. The highest BCUT2D eigenvalue weighted by atomic mass is 32.1. The van der Waals surface area contributed by atoms with Gasteiger partial charge in [0.05, 0.1) is 0 Å². The van der Waals surface area contributed by atoms with E-state index in [-0.39, 0.29) is 18.2 Å². The van der Waals surface area contributed by atoms with Crippen molar-refractivity contribution in [3.63, 3.8) is 0 Å². The first-order valence-electron chi connectivity index (χ1n) is 11.4. The number of pyridine rings is 1. The Labute approximate surface area is 198 Å². The molecule has 4 heterocycles. The van der Waals surface area contributed by atoms with Gasteiger partial charge in [-0.15, -0.1) is 11.3 Å². The van der Waals surface area contributed by atoms with Gasteiger partial charge in [-0.3, -0.25) is 4.79 Å². The fourth-order valence-electron chi connectivity index (χ4n) is 4.27. The van der Waals surface area contributed by atoms with Crippen molar-refractivity contribution in [1.29, 1.82) is 0 Å². The number of aromatic nitrogens is 2. The SMILES string of the molecule is Cc1cc(C(=O)CO/N=C(\N)c2ccnc(N3CCCCC3)c2)c(C)n1CCc1cccs1. The lowest BCUT2D eigenvalue weighted by atomic mass is 10.1. The monoisotopic (exact) mass is 465 g/mol. The molecule has 4 rings (SSSR count). The average Bonchev–Trinajstić information content (AvgIpc) is 3.46. The number of amidine groups is 1. The standard InChI is InChI=1S/C25H31N5O2S/c1-18-15-22(19(2)30(18)13-9-21-7-6-14-33-21)23(31)17-32-28-25(26)20-8-10-27-24(16-20)29-11-4-3-5-12-29/h6-8,10,14-16H,3-5,9,11-13,17H2,1-2H3,(H2,26,28). The van der Waals surface area contributed by atoms with E-state index in [9.17, 15) is 4.79 Å². The van der Waals surface area contributed by atoms with Crippen molar-refractivity contribution in [1.82, 2.24) is 9.55 Å². The van der Waals surface area contributed by atoms with Crippen molar-refractivity contribution in [2.45, 2.75) is 46.1 Å². The first-order chi connectivity index (χ1) is 16.0. The number of nitrogens with zero attached hydrogens (tertiary/aromatic N) is 4. The number of nitrogens with two attached hydrogens (primary N) is 1. The maximum Gasteiger partial charge on any atom is 0.204 e. The average molecular weight is 466 g/mol. The topological polar surface area (TPSA) is 85.7 Å². The normalized spacial score (nSPS) is 14.5. The van der Waals surface area contributed by atoms with Crippen molar-refractivity contribution in [2.24, 2.45) is 10.9 Å². The molecular formula is C25H31N5O2S. The van der Waals surface area contributed by atoms with Crippen LogP contribution in [0.5, 0.6) is 0 Å². The second-order valence-corrected chi connectivity index (χ2v) is 9.42. The molecule has 7 nitrogen and oxygen atoms in total. The van der Waals surface area contributed by atoms with Gasteiger partial charge in [0.1, 0.15) is 5.82 Å². The van der Waals surface area contributed by atoms with Crippen molar-refractivity contribution in [3.05, 3.63) is 69.3 Å². The van der Waals surface area contributed by atoms with Crippen LogP contribution in [0.15, 0.2) is 47.1 Å². The first-order valence-corrected chi connectivity index (χ1v) is 12.3. The largest absolute Gasteiger partial charge is 0.386 e. The molecule has 0 radical (unpaired) electrons. The van der Waals surface area contributed by atoms with E-state index in [0.29, 0.717) is 5.56 Å². The maximum absolute atomic E-state index is 12.8. The minimum Gasteiger partial charge on any atom is -0.386 e. The Hall–Kier alpha value is -3.13. The van der Waals surface area contributed by atoms with Crippen molar-refractivity contribution < 1.29 is 9.63 Å². The molecule has 0 atom stereocenters. The Kier molecular flexibility index (Phi) is 7.44. The van der Waals surface area contributed by atoms with Crippen LogP contribution in [-0.2, 0) is 17.8 Å². The highest BCUT2D eigenvalue weighted by Gasteiger charge is 2.17.